The molecule has 0 saturated heterocycles. The molecule has 3 nitrogen and oxygen atoms in total. The highest BCUT2D eigenvalue weighted by atomic mass is 32.2. The van der Waals surface area contributed by atoms with Gasteiger partial charge in [-0.1, -0.05) is 17.7 Å². The minimum absolute atomic E-state index is 0.401. The van der Waals surface area contributed by atoms with Gasteiger partial charge in [0.25, 0.3) is 0 Å². The molecule has 0 fully saturated rings. The average molecular weight is 211 g/mol. The van der Waals surface area contributed by atoms with Crippen LogP contribution in [0.25, 0.3) is 0 Å². The molecule has 0 heterocycles. The second kappa shape index (κ2) is 5.02. The van der Waals surface area contributed by atoms with Crippen LogP contribution in [0.5, 0.6) is 0 Å². The summed E-state index contributed by atoms with van der Waals surface area (Å²) in [6.45, 7) is 2.01. The Balaban J connectivity index is 2.46. The van der Waals surface area contributed by atoms with Gasteiger partial charge in [0.15, 0.2) is 0 Å². The monoisotopic (exact) mass is 211 g/mol. The lowest BCUT2D eigenvalue weighted by Gasteiger charge is -2.05. The fourth-order valence-electron chi connectivity index (χ4n) is 0.892. The molecule has 0 saturated carbocycles. The van der Waals surface area contributed by atoms with Crippen LogP contribution in [-0.4, -0.2) is 22.9 Å². The number of aliphatic carboxylic acids is 1. The van der Waals surface area contributed by atoms with Crippen LogP contribution >= 0.6 is 11.8 Å². The zero-order valence-electron chi connectivity index (χ0n) is 7.93. The highest BCUT2D eigenvalue weighted by Gasteiger charge is 2.10. The number of hydrogen-bond donors (Lipinski definition) is 2. The molecule has 0 aliphatic rings. The first-order valence-electron chi connectivity index (χ1n) is 4.27. The van der Waals surface area contributed by atoms with E-state index in [1.54, 1.807) is 0 Å². The number of rotatable bonds is 4. The number of carbonyl (C=O) groups is 1. The van der Waals surface area contributed by atoms with Gasteiger partial charge in [-0.15, -0.1) is 11.8 Å². The zero-order chi connectivity index (χ0) is 10.6. The van der Waals surface area contributed by atoms with Gasteiger partial charge in [0.05, 0.1) is 0 Å². The molecule has 0 amide bonds. The lowest BCUT2D eigenvalue weighted by molar-refractivity contribution is -0.137. The lowest BCUT2D eigenvalue weighted by atomic mass is 10.2. The Hall–Kier alpha value is -1.00. The summed E-state index contributed by atoms with van der Waals surface area (Å²) in [5.41, 5.74) is 6.57. The minimum Gasteiger partial charge on any atom is -0.480 e. The van der Waals surface area contributed by atoms with Crippen molar-refractivity contribution in [1.29, 1.82) is 0 Å². The third-order valence-electron chi connectivity index (χ3n) is 1.77. The van der Waals surface area contributed by atoms with E-state index in [0.717, 1.165) is 4.90 Å². The molecule has 1 atom stereocenters. The summed E-state index contributed by atoms with van der Waals surface area (Å²) >= 11 is 1.46. The van der Waals surface area contributed by atoms with Crippen LogP contribution in [0.3, 0.4) is 0 Å². The molecule has 0 spiro atoms. The maximum Gasteiger partial charge on any atom is 0.321 e. The standard InChI is InChI=1S/C10H13NO2S/c1-7-2-4-8(5-3-7)14-6-9(11)10(12)13/h2-5,9H,6,11H2,1H3,(H,12,13)/t9-/m0/s1. The molecule has 1 aromatic carbocycles. The Morgan fingerprint density at radius 3 is 2.57 bits per heavy atom. The van der Waals surface area contributed by atoms with Crippen LogP contribution in [0.15, 0.2) is 29.2 Å². The summed E-state index contributed by atoms with van der Waals surface area (Å²) in [6, 6.07) is 7.13. The Morgan fingerprint density at radius 1 is 1.50 bits per heavy atom. The van der Waals surface area contributed by atoms with Gasteiger partial charge >= 0.3 is 5.97 Å². The van der Waals surface area contributed by atoms with Crippen LogP contribution in [-0.2, 0) is 4.79 Å². The SMILES string of the molecule is Cc1ccc(SC[C@H](N)C(=O)O)cc1. The van der Waals surface area contributed by atoms with Gasteiger partial charge in [-0.25, -0.2) is 0 Å². The first-order chi connectivity index (χ1) is 6.59. The molecule has 0 unspecified atom stereocenters. The maximum absolute atomic E-state index is 10.4. The molecule has 0 aliphatic carbocycles. The van der Waals surface area contributed by atoms with Crippen molar-refractivity contribution in [3.8, 4) is 0 Å². The number of hydrogen-bond acceptors (Lipinski definition) is 3. The molecular formula is C10H13NO2S. The molecule has 14 heavy (non-hydrogen) atoms. The second-order valence-corrected chi connectivity index (χ2v) is 4.16. The van der Waals surface area contributed by atoms with Crippen molar-refractivity contribution < 1.29 is 9.90 Å². The number of carboxylic acids is 1. The van der Waals surface area contributed by atoms with Crippen molar-refractivity contribution in [3.63, 3.8) is 0 Å². The van der Waals surface area contributed by atoms with Crippen molar-refractivity contribution >= 4 is 17.7 Å². The second-order valence-electron chi connectivity index (χ2n) is 3.07. The van der Waals surface area contributed by atoms with Crippen molar-refractivity contribution in [2.24, 2.45) is 5.73 Å². The van der Waals surface area contributed by atoms with Crippen molar-refractivity contribution in [3.05, 3.63) is 29.8 Å². The highest BCUT2D eigenvalue weighted by Crippen LogP contribution is 2.18. The predicted molar refractivity (Wildman–Crippen MR) is 57.5 cm³/mol. The van der Waals surface area contributed by atoms with Crippen LogP contribution in [0, 0.1) is 6.92 Å². The molecule has 4 heteroatoms. The zero-order valence-corrected chi connectivity index (χ0v) is 8.75. The van der Waals surface area contributed by atoms with Gasteiger partial charge in [0.1, 0.15) is 6.04 Å². The van der Waals surface area contributed by atoms with Gasteiger partial charge in [0.2, 0.25) is 0 Å². The minimum atomic E-state index is -0.954. The number of nitrogens with two attached hydrogens (primary N) is 1. The fraction of sp³-hybridized carbons (Fsp3) is 0.300. The molecule has 0 aliphatic heterocycles. The molecule has 1 rings (SSSR count). The first kappa shape index (κ1) is 11.1. The Bertz CT molecular complexity index is 310. The van der Waals surface area contributed by atoms with Crippen molar-refractivity contribution in [2.45, 2.75) is 17.9 Å². The Morgan fingerprint density at radius 2 is 2.07 bits per heavy atom. The third-order valence-corrected chi connectivity index (χ3v) is 2.90. The summed E-state index contributed by atoms with van der Waals surface area (Å²) in [5, 5.41) is 8.57. The summed E-state index contributed by atoms with van der Waals surface area (Å²) in [4.78, 5) is 11.5. The van der Waals surface area contributed by atoms with Gasteiger partial charge in [-0.3, -0.25) is 4.79 Å². The highest BCUT2D eigenvalue weighted by molar-refractivity contribution is 7.99. The number of thioether (sulfide) groups is 1. The molecular weight excluding hydrogens is 198 g/mol. The molecule has 0 aromatic heterocycles. The molecule has 76 valence electrons. The quantitative estimate of drug-likeness (QED) is 0.741. The molecule has 1 aromatic rings. The smallest absolute Gasteiger partial charge is 0.321 e. The normalized spacial score (nSPS) is 12.4. The largest absolute Gasteiger partial charge is 0.480 e. The first-order valence-corrected chi connectivity index (χ1v) is 5.26. The van der Waals surface area contributed by atoms with Crippen LogP contribution < -0.4 is 5.73 Å². The summed E-state index contributed by atoms with van der Waals surface area (Å²) in [6.07, 6.45) is 0. The summed E-state index contributed by atoms with van der Waals surface area (Å²) in [5.74, 6) is -0.553. The Kier molecular flexibility index (Phi) is 3.98. The van der Waals surface area contributed by atoms with E-state index in [9.17, 15) is 4.79 Å². The summed E-state index contributed by atoms with van der Waals surface area (Å²) in [7, 11) is 0. The topological polar surface area (TPSA) is 63.3 Å². The average Bonchev–Trinajstić information content (AvgIpc) is 2.16. The maximum atomic E-state index is 10.4. The lowest BCUT2D eigenvalue weighted by Crippen LogP contribution is -2.32. The number of carboxylic acid groups (broad SMARTS) is 1. The van der Waals surface area contributed by atoms with Gasteiger partial charge in [-0.05, 0) is 19.1 Å². The molecule has 0 bridgehead atoms. The van der Waals surface area contributed by atoms with Crippen LogP contribution in [0.1, 0.15) is 5.56 Å². The number of benzene rings is 1. The third kappa shape index (κ3) is 3.40. The van der Waals surface area contributed by atoms with E-state index in [4.69, 9.17) is 10.8 Å². The Labute approximate surface area is 87.3 Å². The molecule has 3 N–H and O–H groups in total. The van der Waals surface area contributed by atoms with E-state index < -0.39 is 12.0 Å². The van der Waals surface area contributed by atoms with Gasteiger partial charge in [-0.2, -0.15) is 0 Å². The molecule has 0 radical (unpaired) electrons. The van der Waals surface area contributed by atoms with E-state index in [1.807, 2.05) is 31.2 Å². The van der Waals surface area contributed by atoms with Crippen LogP contribution in [0.4, 0.5) is 0 Å². The van der Waals surface area contributed by atoms with E-state index >= 15 is 0 Å². The van der Waals surface area contributed by atoms with Gasteiger partial charge < -0.3 is 10.8 Å². The van der Waals surface area contributed by atoms with E-state index in [-0.39, 0.29) is 0 Å². The predicted octanol–water partition coefficient (Wildman–Crippen LogP) is 1.50. The van der Waals surface area contributed by atoms with Crippen molar-refractivity contribution in [2.75, 3.05) is 5.75 Å². The fourth-order valence-corrected chi connectivity index (χ4v) is 1.73. The number of aryl methyl sites for hydroxylation is 1. The van der Waals surface area contributed by atoms with E-state index in [2.05, 4.69) is 0 Å². The van der Waals surface area contributed by atoms with Crippen molar-refractivity contribution in [1.82, 2.24) is 0 Å². The van der Waals surface area contributed by atoms with Gasteiger partial charge in [0, 0.05) is 10.6 Å². The van der Waals surface area contributed by atoms with E-state index in [1.165, 1.54) is 17.3 Å². The van der Waals surface area contributed by atoms with Crippen LogP contribution in [0.2, 0.25) is 0 Å². The van der Waals surface area contributed by atoms with E-state index in [0.29, 0.717) is 5.75 Å². The summed E-state index contributed by atoms with van der Waals surface area (Å²) < 4.78 is 0.